The molecule has 1 fully saturated rings. The van der Waals surface area contributed by atoms with Crippen LogP contribution < -0.4 is 5.32 Å². The number of aromatic nitrogens is 2. The summed E-state index contributed by atoms with van der Waals surface area (Å²) in [6.45, 7) is 4.44. The van der Waals surface area contributed by atoms with Crippen LogP contribution in [-0.2, 0) is 11.3 Å². The second-order valence-electron chi connectivity index (χ2n) is 5.90. The van der Waals surface area contributed by atoms with E-state index in [1.165, 1.54) is 16.9 Å². The van der Waals surface area contributed by atoms with Crippen molar-refractivity contribution in [2.45, 2.75) is 6.54 Å². The minimum absolute atomic E-state index is 0.171. The predicted molar refractivity (Wildman–Crippen MR) is 97.9 cm³/mol. The molecule has 1 amide bonds. The molecule has 128 valence electrons. The Bertz CT molecular complexity index is 875. The molecule has 0 spiro atoms. The molecule has 6 nitrogen and oxygen atoms in total. The molecule has 1 saturated heterocycles. The Kier molecular flexibility index (Phi) is 4.69. The summed E-state index contributed by atoms with van der Waals surface area (Å²) in [7, 11) is 0. The molecule has 3 aromatic rings. The van der Waals surface area contributed by atoms with E-state index in [0.717, 1.165) is 43.1 Å². The zero-order valence-corrected chi connectivity index (χ0v) is 14.5. The third-order valence-corrected chi connectivity index (χ3v) is 5.06. The molecule has 1 aromatic carbocycles. The number of pyridine rings is 1. The van der Waals surface area contributed by atoms with Crippen LogP contribution in [0.4, 0.5) is 5.13 Å². The van der Waals surface area contributed by atoms with E-state index < -0.39 is 0 Å². The lowest BCUT2D eigenvalue weighted by Crippen LogP contribution is -2.35. The number of ether oxygens (including phenoxy) is 1. The fourth-order valence-corrected chi connectivity index (χ4v) is 3.74. The van der Waals surface area contributed by atoms with Crippen LogP contribution in [0.5, 0.6) is 0 Å². The summed E-state index contributed by atoms with van der Waals surface area (Å²) in [4.78, 5) is 23.0. The summed E-state index contributed by atoms with van der Waals surface area (Å²) in [5.41, 5.74) is 2.73. The van der Waals surface area contributed by atoms with Crippen LogP contribution in [0.15, 0.2) is 42.7 Å². The summed E-state index contributed by atoms with van der Waals surface area (Å²) in [6, 6.07) is 9.65. The molecule has 7 heteroatoms. The lowest BCUT2D eigenvalue weighted by molar-refractivity contribution is 0.0342. The molecule has 0 bridgehead atoms. The van der Waals surface area contributed by atoms with Gasteiger partial charge in [-0.25, -0.2) is 4.98 Å². The lowest BCUT2D eigenvalue weighted by atomic mass is 10.2. The predicted octanol–water partition coefficient (Wildman–Crippen LogP) is 2.78. The Hall–Kier alpha value is -2.35. The third kappa shape index (κ3) is 3.84. The molecule has 4 rings (SSSR count). The maximum absolute atomic E-state index is 12.2. The Morgan fingerprint density at radius 3 is 2.80 bits per heavy atom. The van der Waals surface area contributed by atoms with Gasteiger partial charge in [-0.2, -0.15) is 0 Å². The molecule has 25 heavy (non-hydrogen) atoms. The molecule has 1 aliphatic rings. The van der Waals surface area contributed by atoms with Crippen LogP contribution >= 0.6 is 11.3 Å². The van der Waals surface area contributed by atoms with Gasteiger partial charge in [0.25, 0.3) is 5.91 Å². The fraction of sp³-hybridized carbons (Fsp3) is 0.278. The molecule has 0 atom stereocenters. The van der Waals surface area contributed by atoms with Gasteiger partial charge in [-0.15, -0.1) is 0 Å². The van der Waals surface area contributed by atoms with Gasteiger partial charge in [-0.05, 0) is 29.8 Å². The molecular formula is C18H18N4O2S. The molecule has 3 heterocycles. The second-order valence-corrected chi connectivity index (χ2v) is 6.93. The number of morpholine rings is 1. The molecule has 1 N–H and O–H groups in total. The standard InChI is InChI=1S/C18H18N4O2S/c23-17(14-3-5-19-6-4-14)21-18-20-15-2-1-13(11-16(15)25-18)12-22-7-9-24-10-8-22/h1-6,11H,7-10,12H2,(H,20,21,23). The number of carbonyl (C=O) groups is 1. The van der Waals surface area contributed by atoms with E-state index in [-0.39, 0.29) is 5.91 Å². The maximum Gasteiger partial charge on any atom is 0.257 e. The quantitative estimate of drug-likeness (QED) is 0.780. The van der Waals surface area contributed by atoms with Crippen LogP contribution in [0, 0.1) is 0 Å². The number of anilines is 1. The van der Waals surface area contributed by atoms with Crippen molar-refractivity contribution in [2.75, 3.05) is 31.6 Å². The van der Waals surface area contributed by atoms with Gasteiger partial charge in [0.15, 0.2) is 5.13 Å². The van der Waals surface area contributed by atoms with E-state index >= 15 is 0 Å². The van der Waals surface area contributed by atoms with Crippen molar-refractivity contribution in [2.24, 2.45) is 0 Å². The van der Waals surface area contributed by atoms with Gasteiger partial charge in [0.2, 0.25) is 0 Å². The highest BCUT2D eigenvalue weighted by atomic mass is 32.1. The minimum Gasteiger partial charge on any atom is -0.379 e. The van der Waals surface area contributed by atoms with Gasteiger partial charge in [0.1, 0.15) is 0 Å². The van der Waals surface area contributed by atoms with Gasteiger partial charge < -0.3 is 4.74 Å². The second kappa shape index (κ2) is 7.26. The van der Waals surface area contributed by atoms with E-state index in [0.29, 0.717) is 10.7 Å². The van der Waals surface area contributed by atoms with E-state index in [9.17, 15) is 4.79 Å². The first-order valence-corrected chi connectivity index (χ1v) is 9.00. The van der Waals surface area contributed by atoms with Crippen LogP contribution in [-0.4, -0.2) is 47.1 Å². The first kappa shape index (κ1) is 16.1. The molecule has 0 radical (unpaired) electrons. The van der Waals surface area contributed by atoms with Crippen molar-refractivity contribution in [1.82, 2.24) is 14.9 Å². The van der Waals surface area contributed by atoms with Crippen molar-refractivity contribution in [3.8, 4) is 0 Å². The van der Waals surface area contributed by atoms with Crippen molar-refractivity contribution < 1.29 is 9.53 Å². The van der Waals surface area contributed by atoms with Crippen LogP contribution in [0.1, 0.15) is 15.9 Å². The number of rotatable bonds is 4. The summed E-state index contributed by atoms with van der Waals surface area (Å²) in [5, 5.41) is 3.47. The van der Waals surface area contributed by atoms with Gasteiger partial charge >= 0.3 is 0 Å². The summed E-state index contributed by atoms with van der Waals surface area (Å²) >= 11 is 1.49. The fourth-order valence-electron chi connectivity index (χ4n) is 2.81. The molecule has 0 saturated carbocycles. The summed E-state index contributed by atoms with van der Waals surface area (Å²) in [5.74, 6) is -0.171. The normalized spacial score (nSPS) is 15.4. The molecule has 0 aliphatic carbocycles. The monoisotopic (exact) mass is 354 g/mol. The summed E-state index contributed by atoms with van der Waals surface area (Å²) in [6.07, 6.45) is 3.20. The lowest BCUT2D eigenvalue weighted by Gasteiger charge is -2.26. The van der Waals surface area contributed by atoms with Crippen LogP contribution in [0.25, 0.3) is 10.2 Å². The smallest absolute Gasteiger partial charge is 0.257 e. The number of hydrogen-bond acceptors (Lipinski definition) is 6. The van der Waals surface area contributed by atoms with Crippen molar-refractivity contribution in [1.29, 1.82) is 0 Å². The van der Waals surface area contributed by atoms with Gasteiger partial charge in [0.05, 0.1) is 23.4 Å². The Morgan fingerprint density at radius 2 is 2.00 bits per heavy atom. The SMILES string of the molecule is O=C(Nc1nc2ccc(CN3CCOCC3)cc2s1)c1ccncc1. The Balaban J connectivity index is 1.49. The first-order chi connectivity index (χ1) is 12.3. The van der Waals surface area contributed by atoms with E-state index in [4.69, 9.17) is 4.74 Å². The van der Waals surface area contributed by atoms with Crippen molar-refractivity contribution in [3.05, 3.63) is 53.9 Å². The first-order valence-electron chi connectivity index (χ1n) is 8.19. The highest BCUT2D eigenvalue weighted by Crippen LogP contribution is 2.27. The van der Waals surface area contributed by atoms with Gasteiger partial charge in [-0.1, -0.05) is 17.4 Å². The van der Waals surface area contributed by atoms with Crippen LogP contribution in [0.2, 0.25) is 0 Å². The number of fused-ring (bicyclic) bond motifs is 1. The number of nitrogens with one attached hydrogen (secondary N) is 1. The molecule has 1 aliphatic heterocycles. The highest BCUT2D eigenvalue weighted by Gasteiger charge is 2.13. The van der Waals surface area contributed by atoms with Crippen molar-refractivity contribution >= 4 is 32.6 Å². The number of hydrogen-bond donors (Lipinski definition) is 1. The Labute approximate surface area is 149 Å². The number of nitrogens with zero attached hydrogens (tertiary/aromatic N) is 3. The third-order valence-electron chi connectivity index (χ3n) is 4.13. The summed E-state index contributed by atoms with van der Waals surface area (Å²) < 4.78 is 6.47. The van der Waals surface area contributed by atoms with Gasteiger partial charge in [-0.3, -0.25) is 20.0 Å². The number of benzene rings is 1. The number of carbonyl (C=O) groups excluding carboxylic acids is 1. The number of thiazole rings is 1. The largest absolute Gasteiger partial charge is 0.379 e. The molecular weight excluding hydrogens is 336 g/mol. The van der Waals surface area contributed by atoms with E-state index in [1.807, 2.05) is 6.07 Å². The van der Waals surface area contributed by atoms with Gasteiger partial charge in [0, 0.05) is 37.6 Å². The Morgan fingerprint density at radius 1 is 1.20 bits per heavy atom. The highest BCUT2D eigenvalue weighted by molar-refractivity contribution is 7.22. The van der Waals surface area contributed by atoms with E-state index in [1.54, 1.807) is 24.5 Å². The zero-order valence-electron chi connectivity index (χ0n) is 13.6. The molecule has 0 unspecified atom stereocenters. The van der Waals surface area contributed by atoms with E-state index in [2.05, 4.69) is 32.3 Å². The average Bonchev–Trinajstić information content (AvgIpc) is 3.05. The van der Waals surface area contributed by atoms with Crippen molar-refractivity contribution in [3.63, 3.8) is 0 Å². The average molecular weight is 354 g/mol. The maximum atomic E-state index is 12.2. The minimum atomic E-state index is -0.171. The molecule has 2 aromatic heterocycles. The van der Waals surface area contributed by atoms with Crippen LogP contribution in [0.3, 0.4) is 0 Å². The zero-order chi connectivity index (χ0) is 17.1. The topological polar surface area (TPSA) is 67.4 Å². The number of amides is 1.